The molecule has 0 saturated heterocycles. The van der Waals surface area contributed by atoms with E-state index >= 15 is 0 Å². The summed E-state index contributed by atoms with van der Waals surface area (Å²) in [5, 5.41) is 0. The maximum Gasteiger partial charge on any atom is 0.363 e. The third-order valence-corrected chi connectivity index (χ3v) is 3.42. The van der Waals surface area contributed by atoms with Gasteiger partial charge in [0.25, 0.3) is 0 Å². The maximum atomic E-state index is 11.7. The molecule has 2 rings (SSSR count). The molecule has 1 heterocycles. The Kier molecular flexibility index (Phi) is 3.80. The number of thioether (sulfide) groups is 1. The number of hydrogen-bond acceptors (Lipinski definition) is 4. The second-order valence-electron chi connectivity index (χ2n) is 5.36. The molecule has 0 unspecified atom stereocenters. The molecule has 0 aromatic heterocycles. The van der Waals surface area contributed by atoms with Crippen LogP contribution in [0, 0.1) is 5.41 Å². The predicted molar refractivity (Wildman–Crippen MR) is 79.2 cm³/mol. The molecular formula is C15H17NO2S. The minimum atomic E-state index is -0.376. The first-order valence-electron chi connectivity index (χ1n) is 6.07. The van der Waals surface area contributed by atoms with Crippen molar-refractivity contribution < 1.29 is 9.53 Å². The van der Waals surface area contributed by atoms with E-state index in [1.807, 2.05) is 51.3 Å². The lowest BCUT2D eigenvalue weighted by molar-refractivity contribution is -0.130. The number of carbonyl (C=O) groups excluding carboxylic acids is 1. The smallest absolute Gasteiger partial charge is 0.363 e. The number of ether oxygens (including phenoxy) is 1. The monoisotopic (exact) mass is 275 g/mol. The largest absolute Gasteiger partial charge is 0.406 e. The van der Waals surface area contributed by atoms with Crippen LogP contribution in [0.3, 0.4) is 0 Å². The first kappa shape index (κ1) is 13.9. The van der Waals surface area contributed by atoms with E-state index in [0.717, 1.165) is 5.56 Å². The fraction of sp³-hybridized carbons (Fsp3) is 0.333. The molecule has 0 aliphatic carbocycles. The third kappa shape index (κ3) is 3.26. The van der Waals surface area contributed by atoms with Crippen molar-refractivity contribution in [2.75, 3.05) is 6.26 Å². The number of aliphatic imine (C=N–C) groups is 1. The van der Waals surface area contributed by atoms with E-state index in [1.165, 1.54) is 4.90 Å². The summed E-state index contributed by atoms with van der Waals surface area (Å²) in [4.78, 5) is 17.2. The van der Waals surface area contributed by atoms with Gasteiger partial charge in [0.05, 0.1) is 0 Å². The molecule has 0 bridgehead atoms. The van der Waals surface area contributed by atoms with Crippen LogP contribution in [0.1, 0.15) is 26.3 Å². The molecule has 0 radical (unpaired) electrons. The molecule has 1 aromatic rings. The SMILES string of the molecule is CSc1ccc(/C=C2\N=C(C(C)(C)C)OC2=O)cc1. The fourth-order valence-electron chi connectivity index (χ4n) is 1.59. The summed E-state index contributed by atoms with van der Waals surface area (Å²) in [6.07, 6.45) is 3.78. The summed E-state index contributed by atoms with van der Waals surface area (Å²) < 4.78 is 5.19. The number of esters is 1. The van der Waals surface area contributed by atoms with Crippen LogP contribution in [0.5, 0.6) is 0 Å². The summed E-state index contributed by atoms with van der Waals surface area (Å²) in [6, 6.07) is 7.98. The van der Waals surface area contributed by atoms with Crippen LogP contribution in [0.25, 0.3) is 6.08 Å². The average molecular weight is 275 g/mol. The zero-order valence-corrected chi connectivity index (χ0v) is 12.4. The van der Waals surface area contributed by atoms with Gasteiger partial charge >= 0.3 is 5.97 Å². The predicted octanol–water partition coefficient (Wildman–Crippen LogP) is 3.75. The highest BCUT2D eigenvalue weighted by atomic mass is 32.2. The van der Waals surface area contributed by atoms with Crippen LogP contribution in [0.15, 0.2) is 39.9 Å². The van der Waals surface area contributed by atoms with Gasteiger partial charge < -0.3 is 4.74 Å². The Balaban J connectivity index is 2.27. The second kappa shape index (κ2) is 5.21. The van der Waals surface area contributed by atoms with Crippen molar-refractivity contribution in [2.24, 2.45) is 10.4 Å². The standard InChI is InChI=1S/C15H17NO2S/c1-15(2,3)14-16-12(13(17)18-14)9-10-5-7-11(19-4)8-6-10/h5-9H,1-4H3/b12-9-. The minimum Gasteiger partial charge on any atom is -0.406 e. The number of carbonyl (C=O) groups is 1. The van der Waals surface area contributed by atoms with Gasteiger partial charge in [0.2, 0.25) is 5.90 Å². The van der Waals surface area contributed by atoms with Crippen LogP contribution >= 0.6 is 11.8 Å². The molecule has 3 nitrogen and oxygen atoms in total. The van der Waals surface area contributed by atoms with Gasteiger partial charge in [0.15, 0.2) is 5.70 Å². The molecule has 0 N–H and O–H groups in total. The topological polar surface area (TPSA) is 38.7 Å². The maximum absolute atomic E-state index is 11.7. The van der Waals surface area contributed by atoms with E-state index in [0.29, 0.717) is 11.6 Å². The lowest BCUT2D eigenvalue weighted by Gasteiger charge is -2.15. The summed E-state index contributed by atoms with van der Waals surface area (Å²) in [7, 11) is 0. The molecule has 0 atom stereocenters. The fourth-order valence-corrected chi connectivity index (χ4v) is 2.00. The summed E-state index contributed by atoms with van der Waals surface area (Å²) >= 11 is 1.68. The molecule has 1 aromatic carbocycles. The minimum absolute atomic E-state index is 0.256. The van der Waals surface area contributed by atoms with E-state index in [-0.39, 0.29) is 11.4 Å². The van der Waals surface area contributed by atoms with Crippen molar-refractivity contribution in [3.63, 3.8) is 0 Å². The van der Waals surface area contributed by atoms with Crippen molar-refractivity contribution in [3.05, 3.63) is 35.5 Å². The van der Waals surface area contributed by atoms with Crippen LogP contribution in [-0.2, 0) is 9.53 Å². The highest BCUT2D eigenvalue weighted by Gasteiger charge is 2.31. The Labute approximate surface area is 117 Å². The Morgan fingerprint density at radius 2 is 1.84 bits per heavy atom. The van der Waals surface area contributed by atoms with Crippen LogP contribution in [0.2, 0.25) is 0 Å². The molecule has 1 aliphatic rings. The van der Waals surface area contributed by atoms with Gasteiger partial charge in [-0.1, -0.05) is 32.9 Å². The molecular weight excluding hydrogens is 258 g/mol. The van der Waals surface area contributed by atoms with Crippen molar-refractivity contribution in [1.82, 2.24) is 0 Å². The van der Waals surface area contributed by atoms with Gasteiger partial charge in [-0.05, 0) is 30.0 Å². The van der Waals surface area contributed by atoms with Gasteiger partial charge in [-0.3, -0.25) is 0 Å². The van der Waals surface area contributed by atoms with E-state index in [1.54, 1.807) is 17.8 Å². The van der Waals surface area contributed by atoms with E-state index in [4.69, 9.17) is 4.74 Å². The van der Waals surface area contributed by atoms with Crippen LogP contribution in [0.4, 0.5) is 0 Å². The van der Waals surface area contributed by atoms with Gasteiger partial charge in [-0.15, -0.1) is 11.8 Å². The van der Waals surface area contributed by atoms with Crippen molar-refractivity contribution in [1.29, 1.82) is 0 Å². The van der Waals surface area contributed by atoms with Crippen LogP contribution in [-0.4, -0.2) is 18.1 Å². The highest BCUT2D eigenvalue weighted by Crippen LogP contribution is 2.26. The zero-order chi connectivity index (χ0) is 14.0. The first-order valence-corrected chi connectivity index (χ1v) is 7.30. The van der Waals surface area contributed by atoms with Crippen molar-refractivity contribution in [2.45, 2.75) is 25.7 Å². The first-order chi connectivity index (χ1) is 8.90. The van der Waals surface area contributed by atoms with Gasteiger partial charge in [0, 0.05) is 10.3 Å². The van der Waals surface area contributed by atoms with Gasteiger partial charge in [-0.2, -0.15) is 0 Å². The Morgan fingerprint density at radius 1 is 1.21 bits per heavy atom. The molecule has 0 amide bonds. The number of nitrogens with zero attached hydrogens (tertiary/aromatic N) is 1. The van der Waals surface area contributed by atoms with Crippen molar-refractivity contribution >= 4 is 29.7 Å². The van der Waals surface area contributed by atoms with E-state index in [2.05, 4.69) is 4.99 Å². The Morgan fingerprint density at radius 3 is 2.32 bits per heavy atom. The molecule has 0 spiro atoms. The Hall–Kier alpha value is -1.55. The molecule has 1 aliphatic heterocycles. The second-order valence-corrected chi connectivity index (χ2v) is 6.24. The lowest BCUT2D eigenvalue weighted by atomic mass is 9.97. The van der Waals surface area contributed by atoms with E-state index < -0.39 is 0 Å². The van der Waals surface area contributed by atoms with E-state index in [9.17, 15) is 4.79 Å². The van der Waals surface area contributed by atoms with Gasteiger partial charge in [-0.25, -0.2) is 9.79 Å². The van der Waals surface area contributed by atoms with Crippen molar-refractivity contribution in [3.8, 4) is 0 Å². The molecule has 4 heteroatoms. The summed E-state index contributed by atoms with van der Waals surface area (Å²) in [5.74, 6) is 0.100. The molecule has 19 heavy (non-hydrogen) atoms. The quantitative estimate of drug-likeness (QED) is 0.469. The number of hydrogen-bond donors (Lipinski definition) is 0. The Bertz CT molecular complexity index is 551. The third-order valence-electron chi connectivity index (χ3n) is 2.68. The number of rotatable bonds is 2. The zero-order valence-electron chi connectivity index (χ0n) is 11.6. The normalized spacial score (nSPS) is 17.6. The number of cyclic esters (lactones) is 1. The average Bonchev–Trinajstić information content (AvgIpc) is 2.72. The molecule has 100 valence electrons. The highest BCUT2D eigenvalue weighted by molar-refractivity contribution is 7.98. The summed E-state index contributed by atoms with van der Waals surface area (Å²) in [5.41, 5.74) is 1.05. The van der Waals surface area contributed by atoms with Crippen LogP contribution < -0.4 is 0 Å². The molecule has 0 fully saturated rings. The number of benzene rings is 1. The lowest BCUT2D eigenvalue weighted by Crippen LogP contribution is -2.21. The summed E-state index contributed by atoms with van der Waals surface area (Å²) in [6.45, 7) is 5.90. The van der Waals surface area contributed by atoms with Gasteiger partial charge in [0.1, 0.15) is 0 Å². The molecule has 0 saturated carbocycles.